The molecule has 3 heterocycles. The standard InChI is InChI=1S/C15H15N5O3/c16-3-4-17-12-10-18-13-11(2-1-5-20(13)15(12)22)14(21)19-6-8-23-9-7-19/h1-2,5,10,17H,4,6-9H2. The van der Waals surface area contributed by atoms with Crippen molar-refractivity contribution >= 4 is 17.2 Å². The van der Waals surface area contributed by atoms with Gasteiger partial charge in [0.1, 0.15) is 12.2 Å². The molecule has 8 nitrogen and oxygen atoms in total. The van der Waals surface area contributed by atoms with E-state index in [1.165, 1.54) is 10.6 Å². The first-order chi connectivity index (χ1) is 11.2. The van der Waals surface area contributed by atoms with Gasteiger partial charge in [-0.05, 0) is 12.1 Å². The molecule has 2 aromatic heterocycles. The minimum atomic E-state index is -0.345. The number of nitrogens with one attached hydrogen (secondary N) is 1. The van der Waals surface area contributed by atoms with E-state index in [2.05, 4.69) is 10.3 Å². The van der Waals surface area contributed by atoms with E-state index < -0.39 is 0 Å². The van der Waals surface area contributed by atoms with E-state index in [-0.39, 0.29) is 23.7 Å². The quantitative estimate of drug-likeness (QED) is 0.807. The fourth-order valence-corrected chi connectivity index (χ4v) is 2.47. The van der Waals surface area contributed by atoms with E-state index >= 15 is 0 Å². The van der Waals surface area contributed by atoms with Gasteiger partial charge in [-0.2, -0.15) is 5.26 Å². The molecule has 2 aromatic rings. The molecule has 3 rings (SSSR count). The van der Waals surface area contributed by atoms with Gasteiger partial charge >= 0.3 is 0 Å². The summed E-state index contributed by atoms with van der Waals surface area (Å²) in [6, 6.07) is 5.20. The molecule has 1 aliphatic rings. The lowest BCUT2D eigenvalue weighted by Crippen LogP contribution is -2.41. The normalized spacial score (nSPS) is 14.5. The van der Waals surface area contributed by atoms with Crippen molar-refractivity contribution in [2.24, 2.45) is 0 Å². The molecular formula is C15H15N5O3. The molecule has 0 saturated carbocycles. The highest BCUT2D eigenvalue weighted by Crippen LogP contribution is 2.12. The van der Waals surface area contributed by atoms with Crippen LogP contribution in [0.1, 0.15) is 10.4 Å². The zero-order valence-electron chi connectivity index (χ0n) is 12.4. The number of nitriles is 1. The summed E-state index contributed by atoms with van der Waals surface area (Å²) in [5.41, 5.74) is 0.553. The largest absolute Gasteiger partial charge is 0.378 e. The molecule has 8 heteroatoms. The lowest BCUT2D eigenvalue weighted by atomic mass is 10.2. The molecule has 0 radical (unpaired) electrons. The minimum absolute atomic E-state index is 0.00931. The predicted octanol–water partition coefficient (Wildman–Crippen LogP) is 0.102. The molecule has 1 amide bonds. The molecule has 0 bridgehead atoms. The number of hydrogen-bond donors (Lipinski definition) is 1. The van der Waals surface area contributed by atoms with Crippen LogP contribution in [-0.2, 0) is 4.74 Å². The van der Waals surface area contributed by atoms with E-state index in [0.717, 1.165) is 0 Å². The molecule has 1 fully saturated rings. The molecule has 23 heavy (non-hydrogen) atoms. The number of carbonyl (C=O) groups excluding carboxylic acids is 1. The Morgan fingerprint density at radius 1 is 1.43 bits per heavy atom. The van der Waals surface area contributed by atoms with E-state index in [0.29, 0.717) is 37.5 Å². The Balaban J connectivity index is 2.02. The van der Waals surface area contributed by atoms with Gasteiger partial charge in [0.15, 0.2) is 5.65 Å². The van der Waals surface area contributed by atoms with E-state index in [1.54, 1.807) is 23.2 Å². The first kappa shape index (κ1) is 15.0. The van der Waals surface area contributed by atoms with E-state index in [4.69, 9.17) is 10.00 Å². The van der Waals surface area contributed by atoms with Crippen LogP contribution in [0.25, 0.3) is 5.65 Å². The van der Waals surface area contributed by atoms with Crippen molar-refractivity contribution in [2.45, 2.75) is 0 Å². The van der Waals surface area contributed by atoms with E-state index in [9.17, 15) is 9.59 Å². The summed E-state index contributed by atoms with van der Waals surface area (Å²) in [7, 11) is 0. The highest BCUT2D eigenvalue weighted by molar-refractivity contribution is 5.99. The zero-order chi connectivity index (χ0) is 16.2. The lowest BCUT2D eigenvalue weighted by Gasteiger charge is -2.27. The molecule has 1 saturated heterocycles. The first-order valence-corrected chi connectivity index (χ1v) is 7.20. The molecule has 0 aliphatic carbocycles. The number of hydrogen-bond acceptors (Lipinski definition) is 6. The average Bonchev–Trinajstić information content (AvgIpc) is 2.61. The smallest absolute Gasteiger partial charge is 0.281 e. The molecule has 0 atom stereocenters. The Morgan fingerprint density at radius 3 is 2.96 bits per heavy atom. The van der Waals surface area contributed by atoms with Gasteiger partial charge in [-0.25, -0.2) is 4.98 Å². The Bertz CT molecular complexity index is 833. The third kappa shape index (κ3) is 2.86. The summed E-state index contributed by atoms with van der Waals surface area (Å²) >= 11 is 0. The molecule has 118 valence electrons. The van der Waals surface area contributed by atoms with Crippen LogP contribution < -0.4 is 10.9 Å². The first-order valence-electron chi connectivity index (χ1n) is 7.20. The molecule has 1 N–H and O–H groups in total. The van der Waals surface area contributed by atoms with Crippen molar-refractivity contribution < 1.29 is 9.53 Å². The Kier molecular flexibility index (Phi) is 4.21. The van der Waals surface area contributed by atoms with Crippen LogP contribution in [0, 0.1) is 11.3 Å². The number of fused-ring (bicyclic) bond motifs is 1. The molecular weight excluding hydrogens is 298 g/mol. The SMILES string of the molecule is N#CCNc1cnc2c(C(=O)N3CCOCC3)cccn2c1=O. The van der Waals surface area contributed by atoms with Gasteiger partial charge < -0.3 is 15.0 Å². The Labute approximate surface area is 131 Å². The van der Waals surface area contributed by atoms with Crippen LogP contribution in [0.4, 0.5) is 5.69 Å². The Morgan fingerprint density at radius 2 is 2.22 bits per heavy atom. The number of ether oxygens (including phenoxy) is 1. The van der Waals surface area contributed by atoms with Crippen LogP contribution in [-0.4, -0.2) is 53.0 Å². The van der Waals surface area contributed by atoms with Gasteiger partial charge in [0.25, 0.3) is 11.5 Å². The average molecular weight is 313 g/mol. The summed E-state index contributed by atoms with van der Waals surface area (Å²) in [5, 5.41) is 11.3. The van der Waals surface area contributed by atoms with Gasteiger partial charge in [-0.15, -0.1) is 0 Å². The third-order valence-electron chi connectivity index (χ3n) is 3.62. The van der Waals surface area contributed by atoms with Crippen molar-refractivity contribution in [3.63, 3.8) is 0 Å². The second-order valence-corrected chi connectivity index (χ2v) is 5.01. The minimum Gasteiger partial charge on any atom is -0.378 e. The number of anilines is 1. The number of carbonyl (C=O) groups is 1. The van der Waals surface area contributed by atoms with Crippen molar-refractivity contribution in [3.8, 4) is 6.07 Å². The van der Waals surface area contributed by atoms with Crippen LogP contribution in [0.2, 0.25) is 0 Å². The monoisotopic (exact) mass is 313 g/mol. The predicted molar refractivity (Wildman–Crippen MR) is 82.3 cm³/mol. The van der Waals surface area contributed by atoms with Crippen molar-refractivity contribution in [1.82, 2.24) is 14.3 Å². The number of pyridine rings is 1. The Hall–Kier alpha value is -2.92. The van der Waals surface area contributed by atoms with Crippen LogP contribution in [0.3, 0.4) is 0 Å². The number of aromatic nitrogens is 2. The van der Waals surface area contributed by atoms with E-state index in [1.807, 2.05) is 6.07 Å². The maximum absolute atomic E-state index is 12.6. The highest BCUT2D eigenvalue weighted by atomic mass is 16.5. The van der Waals surface area contributed by atoms with Gasteiger partial charge in [-0.3, -0.25) is 14.0 Å². The number of rotatable bonds is 3. The maximum Gasteiger partial charge on any atom is 0.281 e. The maximum atomic E-state index is 12.6. The summed E-state index contributed by atoms with van der Waals surface area (Å²) < 4.78 is 6.56. The molecule has 0 spiro atoms. The van der Waals surface area contributed by atoms with Gasteiger partial charge in [0.2, 0.25) is 0 Å². The summed E-state index contributed by atoms with van der Waals surface area (Å²) in [6.07, 6.45) is 2.91. The molecule has 1 aliphatic heterocycles. The number of morpholine rings is 1. The second-order valence-electron chi connectivity index (χ2n) is 5.01. The fourth-order valence-electron chi connectivity index (χ4n) is 2.47. The van der Waals surface area contributed by atoms with Crippen molar-refractivity contribution in [3.05, 3.63) is 40.4 Å². The molecule has 0 unspecified atom stereocenters. The summed E-state index contributed by atoms with van der Waals surface area (Å²) in [5.74, 6) is -0.170. The topological polar surface area (TPSA) is 99.7 Å². The van der Waals surface area contributed by atoms with Gasteiger partial charge in [0, 0.05) is 19.3 Å². The summed E-state index contributed by atoms with van der Waals surface area (Å²) in [6.45, 7) is 2.06. The van der Waals surface area contributed by atoms with Crippen LogP contribution >= 0.6 is 0 Å². The van der Waals surface area contributed by atoms with Gasteiger partial charge in [-0.1, -0.05) is 0 Å². The number of amides is 1. The van der Waals surface area contributed by atoms with Crippen molar-refractivity contribution in [1.29, 1.82) is 5.26 Å². The summed E-state index contributed by atoms with van der Waals surface area (Å²) in [4.78, 5) is 30.9. The van der Waals surface area contributed by atoms with Crippen LogP contribution in [0.15, 0.2) is 29.3 Å². The zero-order valence-corrected chi connectivity index (χ0v) is 12.4. The van der Waals surface area contributed by atoms with Gasteiger partial charge in [0.05, 0.1) is 31.0 Å². The lowest BCUT2D eigenvalue weighted by molar-refractivity contribution is 0.0303. The highest BCUT2D eigenvalue weighted by Gasteiger charge is 2.21. The third-order valence-corrected chi connectivity index (χ3v) is 3.62. The number of nitrogens with zero attached hydrogens (tertiary/aromatic N) is 4. The van der Waals surface area contributed by atoms with Crippen LogP contribution in [0.5, 0.6) is 0 Å². The molecule has 0 aromatic carbocycles. The van der Waals surface area contributed by atoms with Crippen molar-refractivity contribution in [2.75, 3.05) is 38.2 Å². The fraction of sp³-hybridized carbons (Fsp3) is 0.333. The second kappa shape index (κ2) is 6.46.